The smallest absolute Gasteiger partial charge is 0.244 e. The Morgan fingerprint density at radius 2 is 2.04 bits per heavy atom. The molecule has 0 radical (unpaired) electrons. The van der Waals surface area contributed by atoms with Gasteiger partial charge in [-0.05, 0) is 42.8 Å². The Kier molecular flexibility index (Phi) is 3.94. The first-order valence-corrected chi connectivity index (χ1v) is 8.50. The Labute approximate surface area is 154 Å². The summed E-state index contributed by atoms with van der Waals surface area (Å²) >= 11 is 5.95. The van der Waals surface area contributed by atoms with E-state index in [9.17, 15) is 5.26 Å². The summed E-state index contributed by atoms with van der Waals surface area (Å²) < 4.78 is 11.6. The first kappa shape index (κ1) is 16.3. The van der Waals surface area contributed by atoms with Gasteiger partial charge < -0.3 is 14.9 Å². The summed E-state index contributed by atoms with van der Waals surface area (Å²) in [5.74, 6) is 1.26. The molecule has 0 saturated heterocycles. The van der Waals surface area contributed by atoms with Gasteiger partial charge in [-0.2, -0.15) is 5.26 Å². The van der Waals surface area contributed by atoms with Crippen molar-refractivity contribution in [2.24, 2.45) is 5.73 Å². The number of ether oxygens (including phenoxy) is 1. The van der Waals surface area contributed by atoms with Gasteiger partial charge in [-0.1, -0.05) is 18.5 Å². The van der Waals surface area contributed by atoms with Gasteiger partial charge in [-0.25, -0.2) is 0 Å². The van der Waals surface area contributed by atoms with Crippen LogP contribution in [0.25, 0.3) is 11.3 Å². The average molecular weight is 367 g/mol. The lowest BCUT2D eigenvalue weighted by atomic mass is 9.87. The van der Waals surface area contributed by atoms with E-state index < -0.39 is 5.92 Å². The molecule has 3 heterocycles. The molecular formula is C19H15ClN4O2. The first-order valence-electron chi connectivity index (χ1n) is 8.12. The molecule has 1 aromatic carbocycles. The highest BCUT2D eigenvalue weighted by Gasteiger charge is 2.36. The van der Waals surface area contributed by atoms with Gasteiger partial charge in [0.15, 0.2) is 0 Å². The molecule has 0 saturated carbocycles. The van der Waals surface area contributed by atoms with Crippen LogP contribution < -0.4 is 10.5 Å². The van der Waals surface area contributed by atoms with Gasteiger partial charge in [0, 0.05) is 16.3 Å². The second-order valence-electron chi connectivity index (χ2n) is 5.91. The van der Waals surface area contributed by atoms with Crippen LogP contribution in [0.2, 0.25) is 5.02 Å². The van der Waals surface area contributed by atoms with Gasteiger partial charge >= 0.3 is 0 Å². The lowest BCUT2D eigenvalue weighted by Crippen LogP contribution is -2.21. The van der Waals surface area contributed by atoms with Crippen LogP contribution in [0.15, 0.2) is 52.3 Å². The normalized spacial score (nSPS) is 16.1. The van der Waals surface area contributed by atoms with Crippen molar-refractivity contribution >= 4 is 11.6 Å². The van der Waals surface area contributed by atoms with Crippen LogP contribution in [0.5, 0.6) is 5.88 Å². The summed E-state index contributed by atoms with van der Waals surface area (Å²) in [7, 11) is 0. The zero-order chi connectivity index (χ0) is 18.3. The van der Waals surface area contributed by atoms with Crippen molar-refractivity contribution in [3.05, 3.63) is 69.9 Å². The number of halogens is 1. The summed E-state index contributed by atoms with van der Waals surface area (Å²) in [6.07, 6.45) is 0.714. The largest absolute Gasteiger partial charge is 0.460 e. The minimum atomic E-state index is -0.460. The number of H-pyrrole nitrogens is 1. The fourth-order valence-electron chi connectivity index (χ4n) is 3.14. The highest BCUT2D eigenvalue weighted by atomic mass is 35.5. The Morgan fingerprint density at radius 1 is 1.27 bits per heavy atom. The average Bonchev–Trinajstić information content (AvgIpc) is 3.28. The van der Waals surface area contributed by atoms with Gasteiger partial charge in [0.1, 0.15) is 23.2 Å². The third-order valence-corrected chi connectivity index (χ3v) is 4.66. The van der Waals surface area contributed by atoms with Crippen LogP contribution in [0.1, 0.15) is 29.9 Å². The number of allylic oxidation sites excluding steroid dienone is 1. The van der Waals surface area contributed by atoms with Gasteiger partial charge in [-0.3, -0.25) is 5.10 Å². The summed E-state index contributed by atoms with van der Waals surface area (Å²) in [5, 5.41) is 17.4. The molecule has 0 amide bonds. The Bertz CT molecular complexity index is 1040. The quantitative estimate of drug-likeness (QED) is 0.726. The number of furan rings is 1. The molecule has 0 aliphatic carbocycles. The van der Waals surface area contributed by atoms with Crippen LogP contribution in [0, 0.1) is 11.3 Å². The molecule has 7 heteroatoms. The van der Waals surface area contributed by atoms with Crippen LogP contribution in [0.3, 0.4) is 0 Å². The number of rotatable bonds is 3. The van der Waals surface area contributed by atoms with Crippen molar-refractivity contribution in [2.45, 2.75) is 19.3 Å². The van der Waals surface area contributed by atoms with E-state index in [2.05, 4.69) is 16.3 Å². The molecule has 3 N–H and O–H groups in total. The highest BCUT2D eigenvalue weighted by Crippen LogP contribution is 2.44. The maximum absolute atomic E-state index is 9.62. The maximum atomic E-state index is 9.62. The predicted octanol–water partition coefficient (Wildman–Crippen LogP) is 4.10. The molecule has 1 atom stereocenters. The van der Waals surface area contributed by atoms with Crippen molar-refractivity contribution in [2.75, 3.05) is 0 Å². The molecule has 3 aromatic rings. The zero-order valence-electron chi connectivity index (χ0n) is 13.9. The third-order valence-electron chi connectivity index (χ3n) is 4.41. The molecule has 1 aliphatic rings. The number of fused-ring (bicyclic) bond motifs is 1. The molecule has 4 rings (SSSR count). The number of nitrogens with zero attached hydrogens (tertiary/aromatic N) is 2. The minimum absolute atomic E-state index is 0.0450. The molecule has 1 aliphatic heterocycles. The fraction of sp³-hybridized carbons (Fsp3) is 0.158. The third kappa shape index (κ3) is 2.54. The number of hydrogen-bond acceptors (Lipinski definition) is 5. The Morgan fingerprint density at radius 3 is 2.73 bits per heavy atom. The second-order valence-corrected chi connectivity index (χ2v) is 6.34. The summed E-state index contributed by atoms with van der Waals surface area (Å²) in [6.45, 7) is 2.00. The SMILES string of the molecule is CCc1[nH]nc2c1C(c1ccc(-c3ccc(Cl)cc3)o1)C(C#N)=C(N)O2. The van der Waals surface area contributed by atoms with E-state index in [0.29, 0.717) is 34.4 Å². The minimum Gasteiger partial charge on any atom is -0.460 e. The molecule has 2 aromatic heterocycles. The molecule has 6 nitrogen and oxygen atoms in total. The van der Waals surface area contributed by atoms with E-state index in [0.717, 1.165) is 16.8 Å². The van der Waals surface area contributed by atoms with Crippen molar-refractivity contribution in [3.8, 4) is 23.3 Å². The topological polar surface area (TPSA) is 101 Å². The number of aromatic amines is 1. The van der Waals surface area contributed by atoms with Gasteiger partial charge in [0.2, 0.25) is 11.8 Å². The van der Waals surface area contributed by atoms with Crippen molar-refractivity contribution in [3.63, 3.8) is 0 Å². The van der Waals surface area contributed by atoms with E-state index in [1.54, 1.807) is 12.1 Å². The van der Waals surface area contributed by atoms with E-state index in [4.69, 9.17) is 26.5 Å². The number of hydrogen-bond donors (Lipinski definition) is 2. The Hall–Kier alpha value is -3.17. The van der Waals surface area contributed by atoms with Crippen LogP contribution in [-0.2, 0) is 6.42 Å². The molecule has 130 valence electrons. The lowest BCUT2D eigenvalue weighted by molar-refractivity contribution is 0.371. The number of nitrogens with two attached hydrogens (primary N) is 1. The van der Waals surface area contributed by atoms with E-state index >= 15 is 0 Å². The number of aromatic nitrogens is 2. The van der Waals surface area contributed by atoms with E-state index in [1.807, 2.05) is 31.2 Å². The van der Waals surface area contributed by atoms with Gasteiger partial charge in [0.05, 0.1) is 11.5 Å². The number of nitriles is 1. The summed E-state index contributed by atoms with van der Waals surface area (Å²) in [6, 6.07) is 13.2. The van der Waals surface area contributed by atoms with Gasteiger partial charge in [0.25, 0.3) is 0 Å². The van der Waals surface area contributed by atoms with Gasteiger partial charge in [-0.15, -0.1) is 5.10 Å². The van der Waals surface area contributed by atoms with Crippen LogP contribution in [0.4, 0.5) is 0 Å². The monoisotopic (exact) mass is 366 g/mol. The standard InChI is InChI=1S/C19H15ClN4O2/c1-2-13-17-16(12(9-21)18(22)26-19(17)24-23-13)15-8-7-14(25-15)10-3-5-11(20)6-4-10/h3-8,16H,2,22H2,1H3,(H,23,24). The maximum Gasteiger partial charge on any atom is 0.244 e. The molecule has 0 fully saturated rings. The van der Waals surface area contributed by atoms with Crippen LogP contribution in [-0.4, -0.2) is 10.2 Å². The van der Waals surface area contributed by atoms with Crippen molar-refractivity contribution < 1.29 is 9.15 Å². The second kappa shape index (κ2) is 6.28. The van der Waals surface area contributed by atoms with E-state index in [-0.39, 0.29) is 5.88 Å². The molecule has 0 spiro atoms. The molecule has 1 unspecified atom stereocenters. The lowest BCUT2D eigenvalue weighted by Gasteiger charge is -2.21. The Balaban J connectivity index is 1.83. The van der Waals surface area contributed by atoms with E-state index in [1.165, 1.54) is 0 Å². The number of aryl methyl sites for hydroxylation is 1. The predicted molar refractivity (Wildman–Crippen MR) is 96.4 cm³/mol. The summed E-state index contributed by atoms with van der Waals surface area (Å²) in [4.78, 5) is 0. The van der Waals surface area contributed by atoms with Crippen molar-refractivity contribution in [1.82, 2.24) is 10.2 Å². The summed E-state index contributed by atoms with van der Waals surface area (Å²) in [5.41, 5.74) is 8.82. The fourth-order valence-corrected chi connectivity index (χ4v) is 3.27. The highest BCUT2D eigenvalue weighted by molar-refractivity contribution is 6.30. The zero-order valence-corrected chi connectivity index (χ0v) is 14.7. The van der Waals surface area contributed by atoms with Crippen molar-refractivity contribution in [1.29, 1.82) is 5.26 Å². The molecule has 0 bridgehead atoms. The molecule has 26 heavy (non-hydrogen) atoms. The first-order chi connectivity index (χ1) is 12.6. The molecular weight excluding hydrogens is 352 g/mol. The number of nitrogens with one attached hydrogen (secondary N) is 1. The number of benzene rings is 1. The van der Waals surface area contributed by atoms with Crippen LogP contribution >= 0.6 is 11.6 Å².